The molecule has 0 saturated carbocycles. The Balaban J connectivity index is 1.44. The summed E-state index contributed by atoms with van der Waals surface area (Å²) in [5.41, 5.74) is 8.57. The van der Waals surface area contributed by atoms with Crippen LogP contribution in [0.3, 0.4) is 0 Å². The zero-order valence-electron chi connectivity index (χ0n) is 15.8. The fourth-order valence-electron chi connectivity index (χ4n) is 3.66. The monoisotopic (exact) mass is 445 g/mol. The number of para-hydroxylation sites is 1. The van der Waals surface area contributed by atoms with Crippen molar-refractivity contribution in [3.63, 3.8) is 0 Å². The normalized spacial score (nSPS) is 20.8. The molecule has 2 N–H and O–H groups in total. The molecule has 0 aliphatic carbocycles. The minimum atomic E-state index is -0.259. The van der Waals surface area contributed by atoms with Crippen LogP contribution in [0.4, 0.5) is 0 Å². The predicted octanol–water partition coefficient (Wildman–Crippen LogP) is 3.18. The molecule has 2 aromatic rings. The molecule has 2 aliphatic rings. The Hall–Kier alpha value is -2.09. The molecular weight excluding hydrogens is 422 g/mol. The van der Waals surface area contributed by atoms with Gasteiger partial charge < -0.3 is 14.4 Å². The Bertz CT molecular complexity index is 843. The van der Waals surface area contributed by atoms with Crippen LogP contribution in [0.15, 0.2) is 46.9 Å². The van der Waals surface area contributed by atoms with Gasteiger partial charge in [-0.2, -0.15) is 0 Å². The molecule has 1 fully saturated rings. The highest BCUT2D eigenvalue weighted by Crippen LogP contribution is 2.34. The van der Waals surface area contributed by atoms with E-state index in [2.05, 4.69) is 38.9 Å². The van der Waals surface area contributed by atoms with Gasteiger partial charge in [0, 0.05) is 29.2 Å². The average Bonchev–Trinajstić information content (AvgIpc) is 3.22. The SMILES string of the molecule is CCN(Cc1cccc2c1OCCO2)C(=O)C1CC(c2ccc(Br)cc2)NN1. The van der Waals surface area contributed by atoms with Crippen molar-refractivity contribution in [3.05, 3.63) is 58.1 Å². The van der Waals surface area contributed by atoms with Gasteiger partial charge in [-0.25, -0.2) is 10.9 Å². The summed E-state index contributed by atoms with van der Waals surface area (Å²) in [4.78, 5) is 15.0. The highest BCUT2D eigenvalue weighted by atomic mass is 79.9. The van der Waals surface area contributed by atoms with Gasteiger partial charge in [0.05, 0.1) is 0 Å². The first-order valence-corrected chi connectivity index (χ1v) is 10.4. The van der Waals surface area contributed by atoms with Gasteiger partial charge in [0.15, 0.2) is 11.5 Å². The number of halogens is 1. The number of carbonyl (C=O) groups excluding carboxylic acids is 1. The van der Waals surface area contributed by atoms with E-state index >= 15 is 0 Å². The lowest BCUT2D eigenvalue weighted by molar-refractivity contribution is -0.133. The van der Waals surface area contributed by atoms with Gasteiger partial charge in [-0.1, -0.05) is 40.2 Å². The topological polar surface area (TPSA) is 62.8 Å². The molecule has 148 valence electrons. The number of hydrogen-bond donors (Lipinski definition) is 2. The van der Waals surface area contributed by atoms with Gasteiger partial charge >= 0.3 is 0 Å². The zero-order chi connectivity index (χ0) is 19.5. The van der Waals surface area contributed by atoms with Crippen molar-refractivity contribution < 1.29 is 14.3 Å². The van der Waals surface area contributed by atoms with Crippen LogP contribution < -0.4 is 20.3 Å². The number of carbonyl (C=O) groups is 1. The van der Waals surface area contributed by atoms with Crippen molar-refractivity contribution in [2.24, 2.45) is 0 Å². The van der Waals surface area contributed by atoms with Crippen molar-refractivity contribution in [1.29, 1.82) is 0 Å². The number of ether oxygens (including phenoxy) is 2. The van der Waals surface area contributed by atoms with Gasteiger partial charge in [0.1, 0.15) is 19.3 Å². The quantitative estimate of drug-likeness (QED) is 0.739. The zero-order valence-corrected chi connectivity index (χ0v) is 17.4. The van der Waals surface area contributed by atoms with E-state index in [1.54, 1.807) is 0 Å². The fourth-order valence-corrected chi connectivity index (χ4v) is 3.93. The lowest BCUT2D eigenvalue weighted by Crippen LogP contribution is -2.45. The molecule has 2 heterocycles. The Morgan fingerprint density at radius 3 is 2.71 bits per heavy atom. The maximum absolute atomic E-state index is 13.1. The van der Waals surface area contributed by atoms with Crippen molar-refractivity contribution in [2.75, 3.05) is 19.8 Å². The van der Waals surface area contributed by atoms with Crippen molar-refractivity contribution in [3.8, 4) is 11.5 Å². The minimum Gasteiger partial charge on any atom is -0.486 e. The molecule has 2 unspecified atom stereocenters. The molecule has 2 aromatic carbocycles. The molecule has 6 nitrogen and oxygen atoms in total. The summed E-state index contributed by atoms with van der Waals surface area (Å²) in [6, 6.07) is 13.9. The predicted molar refractivity (Wildman–Crippen MR) is 110 cm³/mol. The Morgan fingerprint density at radius 1 is 1.14 bits per heavy atom. The summed E-state index contributed by atoms with van der Waals surface area (Å²) < 4.78 is 12.5. The summed E-state index contributed by atoms with van der Waals surface area (Å²) in [6.07, 6.45) is 0.712. The second kappa shape index (κ2) is 8.51. The highest BCUT2D eigenvalue weighted by molar-refractivity contribution is 9.10. The second-order valence-corrected chi connectivity index (χ2v) is 7.89. The summed E-state index contributed by atoms with van der Waals surface area (Å²) in [5.74, 6) is 1.59. The maximum atomic E-state index is 13.1. The van der Waals surface area contributed by atoms with Crippen LogP contribution in [0.25, 0.3) is 0 Å². The number of fused-ring (bicyclic) bond motifs is 1. The van der Waals surface area contributed by atoms with Crippen molar-refractivity contribution >= 4 is 21.8 Å². The van der Waals surface area contributed by atoms with Crippen LogP contribution in [-0.2, 0) is 11.3 Å². The largest absolute Gasteiger partial charge is 0.486 e. The van der Waals surface area contributed by atoms with E-state index in [-0.39, 0.29) is 18.0 Å². The van der Waals surface area contributed by atoms with E-state index in [0.717, 1.165) is 27.1 Å². The Labute approximate surface area is 173 Å². The summed E-state index contributed by atoms with van der Waals surface area (Å²) in [7, 11) is 0. The summed E-state index contributed by atoms with van der Waals surface area (Å²) >= 11 is 3.46. The van der Waals surface area contributed by atoms with Crippen molar-refractivity contribution in [2.45, 2.75) is 32.0 Å². The molecule has 1 saturated heterocycles. The van der Waals surface area contributed by atoms with Gasteiger partial charge in [-0.3, -0.25) is 4.79 Å². The number of likely N-dealkylation sites (N-methyl/N-ethyl adjacent to an activating group) is 1. The van der Waals surface area contributed by atoms with Crippen LogP contribution in [0.5, 0.6) is 11.5 Å². The van der Waals surface area contributed by atoms with Gasteiger partial charge in [-0.15, -0.1) is 0 Å². The maximum Gasteiger partial charge on any atom is 0.241 e. The first-order chi connectivity index (χ1) is 13.7. The van der Waals surface area contributed by atoms with Gasteiger partial charge in [0.2, 0.25) is 5.91 Å². The molecule has 7 heteroatoms. The van der Waals surface area contributed by atoms with Gasteiger partial charge in [-0.05, 0) is 37.1 Å². The molecule has 0 radical (unpaired) electrons. The fraction of sp³-hybridized carbons (Fsp3) is 0.381. The lowest BCUT2D eigenvalue weighted by Gasteiger charge is -2.27. The molecule has 0 bridgehead atoms. The average molecular weight is 446 g/mol. The number of benzene rings is 2. The number of hydrazine groups is 1. The summed E-state index contributed by atoms with van der Waals surface area (Å²) in [5, 5.41) is 0. The first kappa shape index (κ1) is 19.2. The molecule has 2 aliphatic heterocycles. The number of hydrogen-bond acceptors (Lipinski definition) is 5. The molecule has 1 amide bonds. The third-order valence-electron chi connectivity index (χ3n) is 5.18. The minimum absolute atomic E-state index is 0.0870. The molecule has 2 atom stereocenters. The van der Waals surface area contributed by atoms with Crippen LogP contribution in [0, 0.1) is 0 Å². The molecular formula is C21H24BrN3O3. The number of nitrogens with zero attached hydrogens (tertiary/aromatic N) is 1. The standard InChI is InChI=1S/C21H24BrN3O3/c1-2-25(13-15-4-3-5-19-20(15)28-11-10-27-19)21(26)18-12-17(23-24-18)14-6-8-16(22)9-7-14/h3-9,17-18,23-24H,2,10-13H2,1H3. The van der Waals surface area contributed by atoms with Crippen LogP contribution >= 0.6 is 15.9 Å². The van der Waals surface area contributed by atoms with Crippen LogP contribution in [0.1, 0.15) is 30.5 Å². The molecule has 0 aromatic heterocycles. The number of nitrogens with one attached hydrogen (secondary N) is 2. The van der Waals surface area contributed by atoms with Crippen LogP contribution in [0.2, 0.25) is 0 Å². The highest BCUT2D eigenvalue weighted by Gasteiger charge is 2.33. The van der Waals surface area contributed by atoms with E-state index < -0.39 is 0 Å². The summed E-state index contributed by atoms with van der Waals surface area (Å²) in [6.45, 7) is 4.22. The number of rotatable bonds is 5. The van der Waals surface area contributed by atoms with Gasteiger partial charge in [0.25, 0.3) is 0 Å². The van der Waals surface area contributed by atoms with E-state index in [1.165, 1.54) is 0 Å². The smallest absolute Gasteiger partial charge is 0.241 e. The van der Waals surface area contributed by atoms with E-state index in [1.807, 2.05) is 42.2 Å². The lowest BCUT2D eigenvalue weighted by atomic mass is 10.0. The van der Waals surface area contributed by atoms with E-state index in [4.69, 9.17) is 9.47 Å². The van der Waals surface area contributed by atoms with E-state index in [9.17, 15) is 4.79 Å². The number of amides is 1. The molecule has 28 heavy (non-hydrogen) atoms. The Morgan fingerprint density at radius 2 is 1.93 bits per heavy atom. The molecule has 0 spiro atoms. The molecule has 4 rings (SSSR count). The third kappa shape index (κ3) is 4.01. The first-order valence-electron chi connectivity index (χ1n) is 9.58. The van der Waals surface area contributed by atoms with Crippen LogP contribution in [-0.4, -0.2) is 36.6 Å². The van der Waals surface area contributed by atoms with E-state index in [0.29, 0.717) is 32.7 Å². The van der Waals surface area contributed by atoms with Crippen molar-refractivity contribution in [1.82, 2.24) is 15.8 Å². The Kier molecular flexibility index (Phi) is 5.85. The third-order valence-corrected chi connectivity index (χ3v) is 5.70. The second-order valence-electron chi connectivity index (χ2n) is 6.97.